The molecule has 2 fully saturated rings. The van der Waals surface area contributed by atoms with Gasteiger partial charge in [0, 0.05) is 30.6 Å². The van der Waals surface area contributed by atoms with Crippen molar-refractivity contribution in [2.75, 3.05) is 20.2 Å². The van der Waals surface area contributed by atoms with E-state index in [1.54, 1.807) is 7.11 Å². The van der Waals surface area contributed by atoms with E-state index in [0.29, 0.717) is 19.5 Å². The molecule has 5 heteroatoms. The van der Waals surface area contributed by atoms with Crippen LogP contribution in [0.15, 0.2) is 24.3 Å². The second-order valence-electron chi connectivity index (χ2n) is 6.43. The smallest absolute Gasteiger partial charge is 0.227 e. The number of ether oxygens (including phenoxy) is 1. The molecular formula is C18H24N2O3. The summed E-state index contributed by atoms with van der Waals surface area (Å²) in [5.41, 5.74) is 0.921. The number of nitrogens with one attached hydrogen (secondary N) is 1. The van der Waals surface area contributed by atoms with E-state index < -0.39 is 0 Å². The summed E-state index contributed by atoms with van der Waals surface area (Å²) in [5.74, 6) is 1.33. The highest BCUT2D eigenvalue weighted by atomic mass is 16.5. The third kappa shape index (κ3) is 4.03. The lowest BCUT2D eigenvalue weighted by Gasteiger charge is -2.32. The number of benzene rings is 1. The lowest BCUT2D eigenvalue weighted by Crippen LogP contribution is -2.47. The van der Waals surface area contributed by atoms with Crippen molar-refractivity contribution in [3.8, 4) is 5.75 Å². The highest BCUT2D eigenvalue weighted by Gasteiger charge is 2.32. The SMILES string of the molecule is COc1ccccc1CC(=O)N1CCC(NC(=O)C2CC2)CC1. The number of hydrogen-bond donors (Lipinski definition) is 1. The number of amides is 2. The van der Waals surface area contributed by atoms with Gasteiger partial charge in [-0.2, -0.15) is 0 Å². The van der Waals surface area contributed by atoms with Gasteiger partial charge in [-0.15, -0.1) is 0 Å². The van der Waals surface area contributed by atoms with Gasteiger partial charge in [0.25, 0.3) is 0 Å². The molecule has 0 unspecified atom stereocenters. The first-order valence-electron chi connectivity index (χ1n) is 8.37. The van der Waals surface area contributed by atoms with Crippen LogP contribution >= 0.6 is 0 Å². The van der Waals surface area contributed by atoms with Gasteiger partial charge in [0.1, 0.15) is 5.75 Å². The minimum atomic E-state index is 0.126. The average Bonchev–Trinajstić information content (AvgIpc) is 3.41. The molecule has 0 aromatic heterocycles. The fraction of sp³-hybridized carbons (Fsp3) is 0.556. The maximum atomic E-state index is 12.5. The molecule has 2 amide bonds. The topological polar surface area (TPSA) is 58.6 Å². The van der Waals surface area contributed by atoms with Crippen molar-refractivity contribution in [2.45, 2.75) is 38.1 Å². The summed E-state index contributed by atoms with van der Waals surface area (Å²) in [6, 6.07) is 7.85. The van der Waals surface area contributed by atoms with Crippen LogP contribution in [0.4, 0.5) is 0 Å². The Morgan fingerprint density at radius 1 is 1.17 bits per heavy atom. The van der Waals surface area contributed by atoms with E-state index in [0.717, 1.165) is 37.0 Å². The number of carbonyl (C=O) groups excluding carboxylic acids is 2. The van der Waals surface area contributed by atoms with Gasteiger partial charge in [0.2, 0.25) is 11.8 Å². The zero-order valence-electron chi connectivity index (χ0n) is 13.6. The van der Waals surface area contributed by atoms with E-state index in [4.69, 9.17) is 4.74 Å². The second kappa shape index (κ2) is 7.02. The standard InChI is InChI=1S/C18H24N2O3/c1-23-16-5-3-2-4-14(16)12-17(21)20-10-8-15(9-11-20)19-18(22)13-6-7-13/h2-5,13,15H,6-12H2,1H3,(H,19,22). The van der Waals surface area contributed by atoms with E-state index >= 15 is 0 Å². The second-order valence-corrected chi connectivity index (χ2v) is 6.43. The van der Waals surface area contributed by atoms with Gasteiger partial charge in [-0.05, 0) is 31.7 Å². The Hall–Kier alpha value is -2.04. The van der Waals surface area contributed by atoms with Crippen LogP contribution in [0.5, 0.6) is 5.75 Å². The monoisotopic (exact) mass is 316 g/mol. The number of carbonyl (C=O) groups is 2. The highest BCUT2D eigenvalue weighted by molar-refractivity contribution is 5.81. The molecular weight excluding hydrogens is 292 g/mol. The van der Waals surface area contributed by atoms with Crippen molar-refractivity contribution in [1.29, 1.82) is 0 Å². The van der Waals surface area contributed by atoms with Crippen molar-refractivity contribution in [3.63, 3.8) is 0 Å². The van der Waals surface area contributed by atoms with Crippen LogP contribution in [-0.2, 0) is 16.0 Å². The van der Waals surface area contributed by atoms with E-state index in [-0.39, 0.29) is 23.8 Å². The van der Waals surface area contributed by atoms with Gasteiger partial charge < -0.3 is 15.0 Å². The van der Waals surface area contributed by atoms with Gasteiger partial charge in [-0.3, -0.25) is 9.59 Å². The first kappa shape index (κ1) is 15.8. The van der Waals surface area contributed by atoms with Gasteiger partial charge in [0.15, 0.2) is 0 Å². The van der Waals surface area contributed by atoms with Crippen LogP contribution in [0.25, 0.3) is 0 Å². The number of likely N-dealkylation sites (tertiary alicyclic amines) is 1. The molecule has 0 radical (unpaired) electrons. The third-order valence-corrected chi connectivity index (χ3v) is 4.68. The van der Waals surface area contributed by atoms with Crippen molar-refractivity contribution in [2.24, 2.45) is 5.92 Å². The molecule has 2 aliphatic rings. The first-order valence-corrected chi connectivity index (χ1v) is 8.37. The summed E-state index contributed by atoms with van der Waals surface area (Å²) in [4.78, 5) is 26.2. The molecule has 1 heterocycles. The molecule has 1 N–H and O–H groups in total. The van der Waals surface area contributed by atoms with Crippen LogP contribution in [0, 0.1) is 5.92 Å². The van der Waals surface area contributed by atoms with Crippen LogP contribution in [0.1, 0.15) is 31.2 Å². The summed E-state index contributed by atoms with van der Waals surface area (Å²) in [7, 11) is 1.62. The number of nitrogens with zero attached hydrogens (tertiary/aromatic N) is 1. The Morgan fingerprint density at radius 3 is 2.52 bits per heavy atom. The maximum Gasteiger partial charge on any atom is 0.227 e. The van der Waals surface area contributed by atoms with Crippen molar-refractivity contribution in [1.82, 2.24) is 10.2 Å². The molecule has 1 aromatic rings. The molecule has 0 atom stereocenters. The molecule has 0 bridgehead atoms. The average molecular weight is 316 g/mol. The minimum absolute atomic E-state index is 0.126. The van der Waals surface area contributed by atoms with Crippen molar-refractivity contribution >= 4 is 11.8 Å². The Bertz CT molecular complexity index is 575. The molecule has 23 heavy (non-hydrogen) atoms. The zero-order valence-corrected chi connectivity index (χ0v) is 13.6. The molecule has 0 spiro atoms. The summed E-state index contributed by atoms with van der Waals surface area (Å²) < 4.78 is 5.30. The van der Waals surface area contributed by atoms with Gasteiger partial charge in [0.05, 0.1) is 13.5 Å². The highest BCUT2D eigenvalue weighted by Crippen LogP contribution is 2.29. The maximum absolute atomic E-state index is 12.5. The Balaban J connectivity index is 1.49. The number of para-hydroxylation sites is 1. The Morgan fingerprint density at radius 2 is 1.87 bits per heavy atom. The Kier molecular flexibility index (Phi) is 4.84. The van der Waals surface area contributed by atoms with Gasteiger partial charge in [-0.1, -0.05) is 18.2 Å². The molecule has 1 saturated carbocycles. The summed E-state index contributed by atoms with van der Waals surface area (Å²) >= 11 is 0. The van der Waals surface area contributed by atoms with Gasteiger partial charge in [-0.25, -0.2) is 0 Å². The zero-order chi connectivity index (χ0) is 16.2. The Labute approximate surface area is 137 Å². The molecule has 1 aliphatic carbocycles. The van der Waals surface area contributed by atoms with E-state index in [1.807, 2.05) is 29.2 Å². The summed E-state index contributed by atoms with van der Waals surface area (Å²) in [6.45, 7) is 1.42. The number of rotatable bonds is 5. The predicted octanol–water partition coefficient (Wildman–Crippen LogP) is 1.75. The predicted molar refractivity (Wildman–Crippen MR) is 87.2 cm³/mol. The normalized spacial score (nSPS) is 18.6. The molecule has 5 nitrogen and oxygen atoms in total. The minimum Gasteiger partial charge on any atom is -0.496 e. The lowest BCUT2D eigenvalue weighted by atomic mass is 10.0. The van der Waals surface area contributed by atoms with E-state index in [1.165, 1.54) is 0 Å². The molecule has 3 rings (SSSR count). The summed E-state index contributed by atoms with van der Waals surface area (Å²) in [5, 5.41) is 3.11. The van der Waals surface area contributed by atoms with E-state index in [2.05, 4.69) is 5.32 Å². The van der Waals surface area contributed by atoms with Crippen LogP contribution < -0.4 is 10.1 Å². The van der Waals surface area contributed by atoms with Crippen molar-refractivity contribution < 1.29 is 14.3 Å². The van der Waals surface area contributed by atoms with Crippen LogP contribution in [-0.4, -0.2) is 43.0 Å². The number of hydrogen-bond acceptors (Lipinski definition) is 3. The molecule has 124 valence electrons. The van der Waals surface area contributed by atoms with Crippen molar-refractivity contribution in [3.05, 3.63) is 29.8 Å². The quantitative estimate of drug-likeness (QED) is 0.900. The van der Waals surface area contributed by atoms with Crippen LogP contribution in [0.2, 0.25) is 0 Å². The lowest BCUT2D eigenvalue weighted by molar-refractivity contribution is -0.131. The number of methoxy groups -OCH3 is 1. The summed E-state index contributed by atoms with van der Waals surface area (Å²) in [6.07, 6.45) is 4.11. The molecule has 1 aromatic carbocycles. The van der Waals surface area contributed by atoms with E-state index in [9.17, 15) is 9.59 Å². The molecule has 1 aliphatic heterocycles. The largest absolute Gasteiger partial charge is 0.496 e. The van der Waals surface area contributed by atoms with Crippen LogP contribution in [0.3, 0.4) is 0 Å². The third-order valence-electron chi connectivity index (χ3n) is 4.68. The fourth-order valence-electron chi connectivity index (χ4n) is 3.06. The fourth-order valence-corrected chi connectivity index (χ4v) is 3.06. The first-order chi connectivity index (χ1) is 11.2. The number of piperidine rings is 1. The van der Waals surface area contributed by atoms with Gasteiger partial charge >= 0.3 is 0 Å². The molecule has 1 saturated heterocycles.